The van der Waals surface area contributed by atoms with Crippen LogP contribution in [0.5, 0.6) is 0 Å². The van der Waals surface area contributed by atoms with Crippen LogP contribution in [-0.2, 0) is 0 Å². The van der Waals surface area contributed by atoms with Gasteiger partial charge in [0.2, 0.25) is 0 Å². The highest BCUT2D eigenvalue weighted by Gasteiger charge is 2.30. The van der Waals surface area contributed by atoms with Gasteiger partial charge in [-0.25, -0.2) is 0 Å². The van der Waals surface area contributed by atoms with E-state index in [0.29, 0.717) is 11.8 Å². The lowest BCUT2D eigenvalue weighted by molar-refractivity contribution is 0.289. The number of allylic oxidation sites excluding steroid dienone is 1. The molecule has 0 heterocycles. The number of hydrogen-bond donors (Lipinski definition) is 0. The Hall–Kier alpha value is -1.37. The minimum atomic E-state index is 0.225. The third-order valence-corrected chi connectivity index (χ3v) is 5.31. The molecule has 0 aliphatic heterocycles. The Kier molecular flexibility index (Phi) is 9.33. The maximum atomic E-state index is 5.13. The fourth-order valence-corrected chi connectivity index (χ4v) is 4.07. The van der Waals surface area contributed by atoms with Crippen molar-refractivity contribution in [3.05, 3.63) is 41.5 Å². The molecule has 0 amide bonds. The first-order chi connectivity index (χ1) is 12.3. The maximum absolute atomic E-state index is 5.13. The third-order valence-electron chi connectivity index (χ3n) is 5.31. The summed E-state index contributed by atoms with van der Waals surface area (Å²) in [5.41, 5.74) is 5.47. The van der Waals surface area contributed by atoms with Crippen molar-refractivity contribution < 1.29 is 0 Å². The molecule has 1 nitrogen and oxygen atoms in total. The minimum absolute atomic E-state index is 0.225. The topological polar surface area (TPSA) is 12.4 Å². The molecule has 1 heteroatoms. The van der Waals surface area contributed by atoms with Gasteiger partial charge in [0.05, 0.1) is 5.69 Å². The lowest BCUT2D eigenvalue weighted by Gasteiger charge is -2.34. The fraction of sp³-hybridized carbons (Fsp3) is 0.640. The predicted octanol–water partition coefficient (Wildman–Crippen LogP) is 8.58. The highest BCUT2D eigenvalue weighted by atomic mass is 14.7. The van der Waals surface area contributed by atoms with Gasteiger partial charge < -0.3 is 0 Å². The average Bonchev–Trinajstić information content (AvgIpc) is 2.61. The zero-order chi connectivity index (χ0) is 19.7. The Morgan fingerprint density at radius 1 is 1.04 bits per heavy atom. The van der Waals surface area contributed by atoms with Crippen LogP contribution in [0.25, 0.3) is 0 Å². The molecule has 1 aromatic rings. The molecule has 2 rings (SSSR count). The van der Waals surface area contributed by atoms with E-state index in [4.69, 9.17) is 4.99 Å². The van der Waals surface area contributed by atoms with E-state index in [1.54, 1.807) is 0 Å². The lowest BCUT2D eigenvalue weighted by atomic mass is 9.71. The Morgan fingerprint density at radius 3 is 1.96 bits per heavy atom. The fourth-order valence-electron chi connectivity index (χ4n) is 4.07. The molecule has 0 unspecified atom stereocenters. The van der Waals surface area contributed by atoms with Crippen molar-refractivity contribution in [1.29, 1.82) is 0 Å². The van der Waals surface area contributed by atoms with E-state index in [0.717, 1.165) is 6.42 Å². The predicted molar refractivity (Wildman–Crippen MR) is 119 cm³/mol. The van der Waals surface area contributed by atoms with Crippen molar-refractivity contribution >= 4 is 11.9 Å². The summed E-state index contributed by atoms with van der Waals surface area (Å²) in [6.45, 7) is 19.4. The number of rotatable bonds is 6. The van der Waals surface area contributed by atoms with Crippen molar-refractivity contribution in [2.75, 3.05) is 0 Å². The molecular formula is C25H41N. The second kappa shape index (κ2) is 10.7. The Labute approximate surface area is 163 Å². The van der Waals surface area contributed by atoms with Gasteiger partial charge in [0.25, 0.3) is 0 Å². The highest BCUT2D eigenvalue weighted by molar-refractivity contribution is 5.73. The van der Waals surface area contributed by atoms with Crippen LogP contribution in [0.15, 0.2) is 35.3 Å². The molecule has 0 N–H and O–H groups in total. The molecule has 0 bridgehead atoms. The van der Waals surface area contributed by atoms with Gasteiger partial charge >= 0.3 is 0 Å². The van der Waals surface area contributed by atoms with E-state index in [9.17, 15) is 0 Å². The first-order valence-electron chi connectivity index (χ1n) is 10.7. The average molecular weight is 356 g/mol. The molecular weight excluding hydrogens is 314 g/mol. The SMILES string of the molecule is C=C(C)CC1(C=Nc2c(C(C)C)cccc2C(C)C)CCCCC1.CC. The van der Waals surface area contributed by atoms with E-state index >= 15 is 0 Å². The van der Waals surface area contributed by atoms with Crippen LogP contribution >= 0.6 is 0 Å². The number of para-hydroxylation sites is 1. The summed E-state index contributed by atoms with van der Waals surface area (Å²) in [5, 5.41) is 0. The van der Waals surface area contributed by atoms with Gasteiger partial charge in [-0.1, -0.05) is 84.6 Å². The summed E-state index contributed by atoms with van der Waals surface area (Å²) >= 11 is 0. The molecule has 1 fully saturated rings. The smallest absolute Gasteiger partial charge is 0.0695 e. The van der Waals surface area contributed by atoms with Crippen LogP contribution in [-0.4, -0.2) is 6.21 Å². The summed E-state index contributed by atoms with van der Waals surface area (Å²) in [4.78, 5) is 5.13. The zero-order valence-corrected chi connectivity index (χ0v) is 18.4. The molecule has 0 aromatic heterocycles. The van der Waals surface area contributed by atoms with Crippen molar-refractivity contribution in [1.82, 2.24) is 0 Å². The van der Waals surface area contributed by atoms with Gasteiger partial charge in [0.15, 0.2) is 0 Å². The first-order valence-corrected chi connectivity index (χ1v) is 10.7. The molecule has 1 saturated carbocycles. The summed E-state index contributed by atoms with van der Waals surface area (Å²) in [5.74, 6) is 0.999. The normalized spacial score (nSPS) is 16.7. The summed E-state index contributed by atoms with van der Waals surface area (Å²) in [7, 11) is 0. The molecule has 0 atom stereocenters. The van der Waals surface area contributed by atoms with Gasteiger partial charge in [-0.2, -0.15) is 0 Å². The molecule has 0 saturated heterocycles. The quantitative estimate of drug-likeness (QED) is 0.358. The van der Waals surface area contributed by atoms with Gasteiger partial charge in [-0.3, -0.25) is 4.99 Å². The van der Waals surface area contributed by atoms with E-state index in [1.807, 2.05) is 13.8 Å². The Bertz CT molecular complexity index is 560. The van der Waals surface area contributed by atoms with E-state index < -0.39 is 0 Å². The van der Waals surface area contributed by atoms with Crippen LogP contribution in [0.3, 0.4) is 0 Å². The second-order valence-electron chi connectivity index (χ2n) is 8.41. The molecule has 146 valence electrons. The summed E-state index contributed by atoms with van der Waals surface area (Å²) in [6, 6.07) is 6.68. The number of benzene rings is 1. The largest absolute Gasteiger partial charge is 0.260 e. The Morgan fingerprint density at radius 2 is 1.54 bits per heavy atom. The lowest BCUT2D eigenvalue weighted by Crippen LogP contribution is -2.26. The number of hydrogen-bond acceptors (Lipinski definition) is 1. The monoisotopic (exact) mass is 355 g/mol. The maximum Gasteiger partial charge on any atom is 0.0695 e. The van der Waals surface area contributed by atoms with Gasteiger partial charge in [-0.05, 0) is 49.1 Å². The highest BCUT2D eigenvalue weighted by Crippen LogP contribution is 2.41. The molecule has 26 heavy (non-hydrogen) atoms. The number of aliphatic imine (C=N–C) groups is 1. The van der Waals surface area contributed by atoms with E-state index in [2.05, 4.69) is 65.6 Å². The van der Waals surface area contributed by atoms with Gasteiger partial charge in [0.1, 0.15) is 0 Å². The second-order valence-corrected chi connectivity index (χ2v) is 8.41. The third kappa shape index (κ3) is 6.11. The molecule has 1 aliphatic rings. The van der Waals surface area contributed by atoms with E-state index in [1.165, 1.54) is 54.5 Å². The Balaban J connectivity index is 0.00000163. The van der Waals surface area contributed by atoms with Crippen molar-refractivity contribution in [2.24, 2.45) is 10.4 Å². The van der Waals surface area contributed by atoms with Crippen LogP contribution in [0.1, 0.15) is 110 Å². The minimum Gasteiger partial charge on any atom is -0.260 e. The number of nitrogens with zero attached hydrogens (tertiary/aromatic N) is 1. The van der Waals surface area contributed by atoms with Gasteiger partial charge in [-0.15, -0.1) is 6.58 Å². The molecule has 0 spiro atoms. The molecule has 1 aromatic carbocycles. The molecule has 0 radical (unpaired) electrons. The summed E-state index contributed by atoms with van der Waals surface area (Å²) < 4.78 is 0. The molecule has 1 aliphatic carbocycles. The van der Waals surface area contributed by atoms with Crippen LogP contribution in [0.4, 0.5) is 5.69 Å². The van der Waals surface area contributed by atoms with E-state index in [-0.39, 0.29) is 5.41 Å². The van der Waals surface area contributed by atoms with Crippen LogP contribution < -0.4 is 0 Å². The van der Waals surface area contributed by atoms with Crippen LogP contribution in [0.2, 0.25) is 0 Å². The zero-order valence-electron chi connectivity index (χ0n) is 18.4. The van der Waals surface area contributed by atoms with Crippen molar-refractivity contribution in [2.45, 2.75) is 98.8 Å². The van der Waals surface area contributed by atoms with Crippen molar-refractivity contribution in [3.8, 4) is 0 Å². The van der Waals surface area contributed by atoms with Crippen molar-refractivity contribution in [3.63, 3.8) is 0 Å². The first kappa shape index (κ1) is 22.7. The van der Waals surface area contributed by atoms with Crippen LogP contribution in [0, 0.1) is 5.41 Å². The summed E-state index contributed by atoms with van der Waals surface area (Å²) in [6.07, 6.45) is 9.90. The standard InChI is InChI=1S/C23H35N.C2H6/c1-17(2)15-23(13-8-7-9-14-23)16-24-22-20(18(3)4)11-10-12-21(22)19(5)6;1-2/h10-12,16,18-19H,1,7-9,13-15H2,2-6H3;1-2H3. The van der Waals surface area contributed by atoms with Gasteiger partial charge in [0, 0.05) is 11.6 Å².